The Labute approximate surface area is 96.1 Å². The molecule has 0 aromatic carbocycles. The highest BCUT2D eigenvalue weighted by Gasteiger charge is 2.48. The molecule has 0 aliphatic carbocycles. The molecular weight excluding hydrogens is 235 g/mol. The number of rotatable bonds is 2. The number of alkyl halides is 1. The first-order chi connectivity index (χ1) is 8.04. The fraction of sp³-hybridized carbons (Fsp3) is 0.667. The number of amides is 2. The van der Waals surface area contributed by atoms with E-state index < -0.39 is 43.5 Å². The number of nitrogens with one attached hydrogen (secondary N) is 1. The van der Waals surface area contributed by atoms with E-state index in [-0.39, 0.29) is 0 Å². The molecule has 1 unspecified atom stereocenters. The van der Waals surface area contributed by atoms with Crippen molar-refractivity contribution in [3.63, 3.8) is 0 Å². The van der Waals surface area contributed by atoms with Crippen molar-refractivity contribution in [1.82, 2.24) is 10.2 Å². The van der Waals surface area contributed by atoms with Gasteiger partial charge in [0, 0.05) is 6.20 Å². The summed E-state index contributed by atoms with van der Waals surface area (Å²) >= 11 is 0. The predicted octanol–water partition coefficient (Wildman–Crippen LogP) is -1.74. The molecule has 96 valence electrons. The average Bonchev–Trinajstić information content (AvgIpc) is 2.57. The smallest absolute Gasteiger partial charge is 0.325 e. The topological polar surface area (TPSA) is 102 Å². The van der Waals surface area contributed by atoms with Gasteiger partial charge in [0.25, 0.3) is 0 Å². The Bertz CT molecular complexity index is 339. The number of nitrogens with zero attached hydrogens (tertiary/aromatic N) is 1. The molecule has 2 amide bonds. The number of aliphatic hydroxyl groups is 3. The Balaban J connectivity index is 2.13. The van der Waals surface area contributed by atoms with Crippen molar-refractivity contribution in [3.8, 4) is 0 Å². The molecule has 17 heavy (non-hydrogen) atoms. The number of hydrogen-bond donors (Lipinski definition) is 4. The standard InChI is InChI=1S/C9H13FN2O5/c10-6-7(15)4(3-13)17-8(6)12-2-1-5(14)11-9(12)16/h1-2,4-8,13-15H,3H2,(H,11,16)/t4-,5?,6-,7-,8-/m1/s1. The third-order valence-electron chi connectivity index (χ3n) is 2.68. The molecule has 4 N–H and O–H groups in total. The number of halogens is 1. The van der Waals surface area contributed by atoms with Crippen LogP contribution in [0.1, 0.15) is 0 Å². The van der Waals surface area contributed by atoms with E-state index in [1.807, 2.05) is 0 Å². The van der Waals surface area contributed by atoms with Gasteiger partial charge in [-0.3, -0.25) is 4.90 Å². The van der Waals surface area contributed by atoms with E-state index >= 15 is 0 Å². The molecule has 0 aromatic rings. The molecule has 2 aliphatic heterocycles. The van der Waals surface area contributed by atoms with E-state index in [2.05, 4.69) is 5.32 Å². The van der Waals surface area contributed by atoms with Crippen molar-refractivity contribution in [3.05, 3.63) is 12.3 Å². The second kappa shape index (κ2) is 4.57. The maximum atomic E-state index is 13.7. The molecule has 2 rings (SSSR count). The van der Waals surface area contributed by atoms with Crippen molar-refractivity contribution in [2.45, 2.75) is 30.8 Å². The SMILES string of the molecule is O=C1NC(O)C=CN1[C@@H]1O[C@H](CO)[C@@H](O)[C@H]1F. The van der Waals surface area contributed by atoms with Crippen LogP contribution < -0.4 is 5.32 Å². The lowest BCUT2D eigenvalue weighted by Gasteiger charge is -2.30. The molecule has 1 fully saturated rings. The Morgan fingerprint density at radius 1 is 1.53 bits per heavy atom. The minimum Gasteiger partial charge on any atom is -0.394 e. The van der Waals surface area contributed by atoms with Gasteiger partial charge in [-0.2, -0.15) is 0 Å². The molecule has 1 saturated heterocycles. The van der Waals surface area contributed by atoms with Gasteiger partial charge in [-0.05, 0) is 6.08 Å². The maximum absolute atomic E-state index is 13.7. The second-order valence-electron chi connectivity index (χ2n) is 3.83. The Hall–Kier alpha value is -1.22. The molecule has 8 heteroatoms. The minimum absolute atomic E-state index is 0.542. The Kier molecular flexibility index (Phi) is 3.29. The predicted molar refractivity (Wildman–Crippen MR) is 52.2 cm³/mol. The summed E-state index contributed by atoms with van der Waals surface area (Å²) in [6.07, 6.45) is -4.41. The first-order valence-electron chi connectivity index (χ1n) is 5.08. The van der Waals surface area contributed by atoms with E-state index in [4.69, 9.17) is 14.9 Å². The summed E-state index contributed by atoms with van der Waals surface area (Å²) in [5.41, 5.74) is 0. The van der Waals surface area contributed by atoms with Crippen molar-refractivity contribution in [1.29, 1.82) is 0 Å². The van der Waals surface area contributed by atoms with Crippen molar-refractivity contribution >= 4 is 6.03 Å². The highest BCUT2D eigenvalue weighted by molar-refractivity contribution is 5.77. The van der Waals surface area contributed by atoms with Crippen LogP contribution in [0.25, 0.3) is 0 Å². The fourth-order valence-corrected chi connectivity index (χ4v) is 1.77. The quantitative estimate of drug-likeness (QED) is 0.464. The monoisotopic (exact) mass is 248 g/mol. The molecule has 0 radical (unpaired) electrons. The van der Waals surface area contributed by atoms with Gasteiger partial charge in [-0.15, -0.1) is 0 Å². The van der Waals surface area contributed by atoms with Crippen molar-refractivity contribution in [2.24, 2.45) is 0 Å². The van der Waals surface area contributed by atoms with Gasteiger partial charge in [0.15, 0.2) is 12.4 Å². The number of hydrogen-bond acceptors (Lipinski definition) is 5. The maximum Gasteiger partial charge on any atom is 0.325 e. The number of aliphatic hydroxyl groups excluding tert-OH is 3. The number of ether oxygens (including phenoxy) is 1. The Morgan fingerprint density at radius 2 is 2.24 bits per heavy atom. The lowest BCUT2D eigenvalue weighted by Crippen LogP contribution is -2.52. The second-order valence-corrected chi connectivity index (χ2v) is 3.83. The van der Waals surface area contributed by atoms with E-state index in [1.54, 1.807) is 0 Å². The van der Waals surface area contributed by atoms with Crippen LogP contribution in [0.15, 0.2) is 12.3 Å². The van der Waals surface area contributed by atoms with Gasteiger partial charge >= 0.3 is 6.03 Å². The molecular formula is C9H13FN2O5. The third kappa shape index (κ3) is 2.12. The average molecular weight is 248 g/mol. The molecule has 7 nitrogen and oxygen atoms in total. The van der Waals surface area contributed by atoms with E-state index in [0.717, 1.165) is 4.90 Å². The van der Waals surface area contributed by atoms with Crippen LogP contribution in [0.5, 0.6) is 0 Å². The highest BCUT2D eigenvalue weighted by atomic mass is 19.1. The van der Waals surface area contributed by atoms with Crippen LogP contribution in [0.4, 0.5) is 9.18 Å². The third-order valence-corrected chi connectivity index (χ3v) is 2.68. The summed E-state index contributed by atoms with van der Waals surface area (Å²) in [7, 11) is 0. The summed E-state index contributed by atoms with van der Waals surface area (Å²) in [6, 6.07) is -0.738. The summed E-state index contributed by atoms with van der Waals surface area (Å²) in [4.78, 5) is 12.3. The van der Waals surface area contributed by atoms with Gasteiger partial charge in [0.1, 0.15) is 18.4 Å². The first kappa shape index (κ1) is 12.2. The van der Waals surface area contributed by atoms with Gasteiger partial charge < -0.3 is 25.4 Å². The molecule has 0 spiro atoms. The zero-order valence-electron chi connectivity index (χ0n) is 8.73. The van der Waals surface area contributed by atoms with Gasteiger partial charge in [0.2, 0.25) is 0 Å². The van der Waals surface area contributed by atoms with E-state index in [0.29, 0.717) is 0 Å². The summed E-state index contributed by atoms with van der Waals surface area (Å²) < 4.78 is 18.7. The number of urea groups is 1. The number of carbonyl (C=O) groups excluding carboxylic acids is 1. The van der Waals surface area contributed by atoms with Gasteiger partial charge in [-0.25, -0.2) is 9.18 Å². The van der Waals surface area contributed by atoms with E-state index in [9.17, 15) is 14.3 Å². The molecule has 2 heterocycles. The zero-order valence-corrected chi connectivity index (χ0v) is 8.73. The lowest BCUT2D eigenvalue weighted by atomic mass is 10.1. The summed E-state index contributed by atoms with van der Waals surface area (Å²) in [5.74, 6) is 0. The molecule has 5 atom stereocenters. The van der Waals surface area contributed by atoms with Gasteiger partial charge in [0.05, 0.1) is 6.61 Å². The largest absolute Gasteiger partial charge is 0.394 e. The van der Waals surface area contributed by atoms with E-state index in [1.165, 1.54) is 12.3 Å². The molecule has 0 saturated carbocycles. The first-order valence-corrected chi connectivity index (χ1v) is 5.08. The van der Waals surface area contributed by atoms with Crippen molar-refractivity contribution < 1.29 is 29.2 Å². The van der Waals surface area contributed by atoms with Crippen molar-refractivity contribution in [2.75, 3.05) is 6.61 Å². The lowest BCUT2D eigenvalue weighted by molar-refractivity contribution is -0.0603. The molecule has 0 aromatic heterocycles. The summed E-state index contributed by atoms with van der Waals surface area (Å²) in [5, 5.41) is 29.5. The summed E-state index contributed by atoms with van der Waals surface area (Å²) in [6.45, 7) is -0.542. The molecule has 2 aliphatic rings. The minimum atomic E-state index is -1.82. The van der Waals surface area contributed by atoms with Crippen LogP contribution >= 0.6 is 0 Å². The molecule has 0 bridgehead atoms. The Morgan fingerprint density at radius 3 is 2.76 bits per heavy atom. The van der Waals surface area contributed by atoms with Crippen LogP contribution in [0.2, 0.25) is 0 Å². The van der Waals surface area contributed by atoms with Gasteiger partial charge in [-0.1, -0.05) is 0 Å². The zero-order chi connectivity index (χ0) is 12.6. The van der Waals surface area contributed by atoms with Crippen LogP contribution in [0, 0.1) is 0 Å². The van der Waals surface area contributed by atoms with Crippen LogP contribution in [-0.2, 0) is 4.74 Å². The highest BCUT2D eigenvalue weighted by Crippen LogP contribution is 2.27. The van der Waals surface area contributed by atoms with Crippen LogP contribution in [-0.4, -0.2) is 63.7 Å². The van der Waals surface area contributed by atoms with Crippen LogP contribution in [0.3, 0.4) is 0 Å². The fourth-order valence-electron chi connectivity index (χ4n) is 1.77. The number of carbonyl (C=O) groups is 1. The normalized spacial score (nSPS) is 41.8.